The van der Waals surface area contributed by atoms with Crippen molar-refractivity contribution in [2.24, 2.45) is 0 Å². The molecule has 2 saturated heterocycles. The molecule has 4 rings (SSSR count). The predicted molar refractivity (Wildman–Crippen MR) is 108 cm³/mol. The number of non-ortho nitro benzene ring substituents is 1. The van der Waals surface area contributed by atoms with Gasteiger partial charge in [0.05, 0.1) is 28.6 Å². The summed E-state index contributed by atoms with van der Waals surface area (Å²) < 4.78 is 43.9. The minimum absolute atomic E-state index is 0.136. The number of amides is 1. The number of carbonyl (C=O) groups excluding carboxylic acids is 2. The number of hydrogen-bond acceptors (Lipinski definition) is 7. The minimum Gasteiger partial charge on any atom is -0.457 e. The zero-order valence-corrected chi connectivity index (χ0v) is 17.2. The standard InChI is InChI=1S/C21H19F3N4O5/c22-21(23,24)14-3-6-18(25-10-14)26-8-7-19(29)27-12-17(9-16(27)11-26)33-20(30)13-1-4-15(5-2-13)28(31)32/h1-6,10,16-17H,7-9,11-12H2/t16-,17-/m0/s1. The molecule has 0 saturated carbocycles. The second-order valence-electron chi connectivity index (χ2n) is 7.87. The Hall–Kier alpha value is -3.70. The Labute approximate surface area is 185 Å². The molecule has 2 aliphatic heterocycles. The maximum atomic E-state index is 12.8. The fourth-order valence-corrected chi connectivity index (χ4v) is 4.05. The fourth-order valence-electron chi connectivity index (χ4n) is 4.05. The van der Waals surface area contributed by atoms with Crippen molar-refractivity contribution in [3.8, 4) is 0 Å². The highest BCUT2D eigenvalue weighted by Gasteiger charge is 2.40. The lowest BCUT2D eigenvalue weighted by Gasteiger charge is -2.26. The zero-order valence-electron chi connectivity index (χ0n) is 17.2. The van der Waals surface area contributed by atoms with Crippen LogP contribution in [0.2, 0.25) is 0 Å². The van der Waals surface area contributed by atoms with Crippen LogP contribution in [0, 0.1) is 10.1 Å². The van der Waals surface area contributed by atoms with Gasteiger partial charge in [-0.25, -0.2) is 9.78 Å². The van der Waals surface area contributed by atoms with Crippen LogP contribution in [-0.2, 0) is 15.7 Å². The molecule has 2 aromatic rings. The molecule has 2 atom stereocenters. The average Bonchev–Trinajstić information content (AvgIpc) is 3.11. The van der Waals surface area contributed by atoms with E-state index in [1.807, 2.05) is 0 Å². The van der Waals surface area contributed by atoms with Crippen molar-refractivity contribution in [2.75, 3.05) is 24.5 Å². The number of aromatic nitrogens is 1. The molecule has 1 amide bonds. The summed E-state index contributed by atoms with van der Waals surface area (Å²) in [4.78, 5) is 42.5. The van der Waals surface area contributed by atoms with Crippen LogP contribution in [0.4, 0.5) is 24.7 Å². The number of esters is 1. The van der Waals surface area contributed by atoms with Gasteiger partial charge in [-0.15, -0.1) is 0 Å². The van der Waals surface area contributed by atoms with Crippen molar-refractivity contribution >= 4 is 23.4 Å². The number of hydrogen-bond donors (Lipinski definition) is 0. The van der Waals surface area contributed by atoms with E-state index in [1.54, 1.807) is 9.80 Å². The molecule has 0 unspecified atom stereocenters. The maximum Gasteiger partial charge on any atom is 0.417 e. The van der Waals surface area contributed by atoms with Crippen LogP contribution < -0.4 is 4.90 Å². The minimum atomic E-state index is -4.48. The highest BCUT2D eigenvalue weighted by Crippen LogP contribution is 2.31. The normalized spacial score (nSPS) is 20.9. The number of halogens is 3. The lowest BCUT2D eigenvalue weighted by atomic mass is 10.1. The first-order valence-electron chi connectivity index (χ1n) is 10.1. The lowest BCUT2D eigenvalue weighted by Crippen LogP contribution is -2.38. The van der Waals surface area contributed by atoms with Gasteiger partial charge >= 0.3 is 12.1 Å². The molecule has 2 fully saturated rings. The maximum absolute atomic E-state index is 12.8. The number of rotatable bonds is 4. The molecule has 3 heterocycles. The first-order chi connectivity index (χ1) is 15.6. The van der Waals surface area contributed by atoms with E-state index in [-0.39, 0.29) is 36.2 Å². The summed E-state index contributed by atoms with van der Waals surface area (Å²) in [6.07, 6.45) is -3.77. The SMILES string of the molecule is O=C(O[C@H]1C[C@H]2CN(c3ccc(C(F)(F)F)cn3)CCC(=O)N2C1)c1ccc([N+](=O)[O-])cc1. The second-order valence-corrected chi connectivity index (χ2v) is 7.87. The molecule has 1 aromatic carbocycles. The molecule has 0 N–H and O–H groups in total. The van der Waals surface area contributed by atoms with E-state index in [0.717, 1.165) is 12.3 Å². The van der Waals surface area contributed by atoms with E-state index in [0.29, 0.717) is 25.3 Å². The smallest absolute Gasteiger partial charge is 0.417 e. The first kappa shape index (κ1) is 22.5. The highest BCUT2D eigenvalue weighted by molar-refractivity contribution is 5.89. The van der Waals surface area contributed by atoms with Crippen molar-refractivity contribution in [1.29, 1.82) is 0 Å². The van der Waals surface area contributed by atoms with Crippen molar-refractivity contribution in [3.05, 3.63) is 63.8 Å². The second kappa shape index (κ2) is 8.68. The zero-order chi connectivity index (χ0) is 23.8. The Balaban J connectivity index is 1.42. The number of fused-ring (bicyclic) bond motifs is 1. The number of nitro benzene ring substituents is 1. The Morgan fingerprint density at radius 1 is 1.15 bits per heavy atom. The van der Waals surface area contributed by atoms with Gasteiger partial charge in [-0.1, -0.05) is 0 Å². The molecule has 2 aliphatic rings. The van der Waals surface area contributed by atoms with Crippen LogP contribution in [0.1, 0.15) is 28.8 Å². The third kappa shape index (κ3) is 4.89. The summed E-state index contributed by atoms with van der Waals surface area (Å²) in [5.41, 5.74) is -0.842. The molecule has 33 heavy (non-hydrogen) atoms. The van der Waals surface area contributed by atoms with Crippen LogP contribution in [0.5, 0.6) is 0 Å². The number of benzene rings is 1. The summed E-state index contributed by atoms with van der Waals surface area (Å²) in [6.45, 7) is 0.865. The van der Waals surface area contributed by atoms with E-state index in [1.165, 1.54) is 30.3 Å². The quantitative estimate of drug-likeness (QED) is 0.389. The van der Waals surface area contributed by atoms with Gasteiger partial charge in [0.1, 0.15) is 11.9 Å². The van der Waals surface area contributed by atoms with E-state index >= 15 is 0 Å². The van der Waals surface area contributed by atoms with Gasteiger partial charge in [0.2, 0.25) is 5.91 Å². The van der Waals surface area contributed by atoms with Crippen LogP contribution in [0.15, 0.2) is 42.6 Å². The summed E-state index contributed by atoms with van der Waals surface area (Å²) >= 11 is 0. The summed E-state index contributed by atoms with van der Waals surface area (Å²) in [5.74, 6) is -0.450. The summed E-state index contributed by atoms with van der Waals surface area (Å²) in [5, 5.41) is 10.7. The molecule has 0 radical (unpaired) electrons. The number of anilines is 1. The van der Waals surface area contributed by atoms with Crippen molar-refractivity contribution < 1.29 is 32.4 Å². The predicted octanol–water partition coefficient (Wildman–Crippen LogP) is 3.05. The van der Waals surface area contributed by atoms with Crippen LogP contribution in [0.3, 0.4) is 0 Å². The van der Waals surface area contributed by atoms with Crippen molar-refractivity contribution in [1.82, 2.24) is 9.88 Å². The Morgan fingerprint density at radius 2 is 1.88 bits per heavy atom. The molecular weight excluding hydrogens is 445 g/mol. The topological polar surface area (TPSA) is 106 Å². The molecule has 1 aromatic heterocycles. The average molecular weight is 464 g/mol. The van der Waals surface area contributed by atoms with Gasteiger partial charge in [-0.05, 0) is 24.3 Å². The molecule has 0 bridgehead atoms. The third-order valence-electron chi connectivity index (χ3n) is 5.71. The number of pyridine rings is 1. The number of carbonyl (C=O) groups is 2. The van der Waals surface area contributed by atoms with E-state index < -0.39 is 28.7 Å². The van der Waals surface area contributed by atoms with Crippen LogP contribution in [0.25, 0.3) is 0 Å². The Bertz CT molecular complexity index is 1060. The van der Waals surface area contributed by atoms with Gasteiger partial charge in [-0.2, -0.15) is 13.2 Å². The summed E-state index contributed by atoms with van der Waals surface area (Å²) in [6, 6.07) is 6.96. The van der Waals surface area contributed by atoms with E-state index in [4.69, 9.17) is 4.74 Å². The van der Waals surface area contributed by atoms with Gasteiger partial charge in [0.15, 0.2) is 0 Å². The fraction of sp³-hybridized carbons (Fsp3) is 0.381. The highest BCUT2D eigenvalue weighted by atomic mass is 19.4. The van der Waals surface area contributed by atoms with Crippen molar-refractivity contribution in [2.45, 2.75) is 31.2 Å². The van der Waals surface area contributed by atoms with Gasteiger partial charge in [0.25, 0.3) is 5.69 Å². The number of ether oxygens (including phenoxy) is 1. The molecular formula is C21H19F3N4O5. The largest absolute Gasteiger partial charge is 0.457 e. The monoisotopic (exact) mass is 464 g/mol. The molecule has 0 aliphatic carbocycles. The van der Waals surface area contributed by atoms with Crippen LogP contribution >= 0.6 is 0 Å². The lowest BCUT2D eigenvalue weighted by molar-refractivity contribution is -0.384. The number of alkyl halides is 3. The summed E-state index contributed by atoms with van der Waals surface area (Å²) in [7, 11) is 0. The molecule has 0 spiro atoms. The Morgan fingerprint density at radius 3 is 2.48 bits per heavy atom. The van der Waals surface area contributed by atoms with Gasteiger partial charge < -0.3 is 14.5 Å². The Kier molecular flexibility index (Phi) is 5.91. The molecule has 174 valence electrons. The van der Waals surface area contributed by atoms with E-state index in [2.05, 4.69) is 4.98 Å². The third-order valence-corrected chi connectivity index (χ3v) is 5.71. The van der Waals surface area contributed by atoms with Crippen molar-refractivity contribution in [3.63, 3.8) is 0 Å². The molecule has 12 heteroatoms. The van der Waals surface area contributed by atoms with Gasteiger partial charge in [0, 0.05) is 44.3 Å². The molecule has 9 nitrogen and oxygen atoms in total. The van der Waals surface area contributed by atoms with Crippen LogP contribution in [-0.4, -0.2) is 58.5 Å². The van der Waals surface area contributed by atoms with Gasteiger partial charge in [-0.3, -0.25) is 14.9 Å². The van der Waals surface area contributed by atoms with E-state index in [9.17, 15) is 32.9 Å². The number of nitrogens with zero attached hydrogens (tertiary/aromatic N) is 4. The number of nitro groups is 1. The first-order valence-corrected chi connectivity index (χ1v) is 10.1.